The van der Waals surface area contributed by atoms with Crippen LogP contribution in [0.5, 0.6) is 0 Å². The van der Waals surface area contributed by atoms with Gasteiger partial charge in [-0.2, -0.15) is 0 Å². The Labute approximate surface area is 380 Å². The third-order valence-corrected chi connectivity index (χ3v) is 13.6. The first kappa shape index (κ1) is 41.1. The Kier molecular flexibility index (Phi) is 10.1. The summed E-state index contributed by atoms with van der Waals surface area (Å²) in [6.07, 6.45) is 0. The Morgan fingerprint density at radius 3 is 1.56 bits per heavy atom. The summed E-state index contributed by atoms with van der Waals surface area (Å²) in [5.41, 5.74) is 20.2. The zero-order valence-electron chi connectivity index (χ0n) is 38.5. The van der Waals surface area contributed by atoms with Crippen molar-refractivity contribution < 1.29 is 0 Å². The smallest absolute Gasteiger partial charge is 0.0543 e. The Morgan fingerprint density at radius 2 is 0.859 bits per heavy atom. The van der Waals surface area contributed by atoms with Crippen LogP contribution in [0, 0.1) is 0 Å². The van der Waals surface area contributed by atoms with Gasteiger partial charge < -0.3 is 4.90 Å². The van der Waals surface area contributed by atoms with E-state index < -0.39 is 0 Å². The highest BCUT2D eigenvalue weighted by Gasteiger charge is 2.29. The van der Waals surface area contributed by atoms with E-state index in [1.54, 1.807) is 0 Å². The number of hydrogen-bond acceptors (Lipinski definition) is 1. The van der Waals surface area contributed by atoms with Gasteiger partial charge in [-0.3, -0.25) is 0 Å². The maximum atomic E-state index is 2.55. The third-order valence-electron chi connectivity index (χ3n) is 13.6. The number of nitrogens with zero attached hydrogens (tertiary/aromatic N) is 1. The molecule has 0 saturated heterocycles. The van der Waals surface area contributed by atoms with E-state index in [1.807, 2.05) is 0 Å². The number of anilines is 3. The van der Waals surface area contributed by atoms with Crippen LogP contribution >= 0.6 is 0 Å². The first-order valence-corrected chi connectivity index (χ1v) is 22.8. The van der Waals surface area contributed by atoms with Crippen molar-refractivity contribution in [2.45, 2.75) is 71.6 Å². The average molecular weight is 828 g/mol. The molecule has 2 aliphatic rings. The maximum Gasteiger partial charge on any atom is 0.0543 e. The first-order valence-electron chi connectivity index (χ1n) is 22.8. The Hall–Kier alpha value is -6.96. The molecule has 0 aromatic heterocycles. The van der Waals surface area contributed by atoms with Crippen LogP contribution in [-0.4, -0.2) is 0 Å². The minimum absolute atomic E-state index is 0.0638. The van der Waals surface area contributed by atoms with Crippen molar-refractivity contribution in [2.24, 2.45) is 0 Å². The van der Waals surface area contributed by atoms with E-state index in [2.05, 4.69) is 260 Å². The second-order valence-corrected chi connectivity index (χ2v) is 20.3. The monoisotopic (exact) mass is 827 g/mol. The van der Waals surface area contributed by atoms with Crippen molar-refractivity contribution in [1.29, 1.82) is 0 Å². The van der Waals surface area contributed by atoms with Gasteiger partial charge in [0.1, 0.15) is 0 Å². The maximum absolute atomic E-state index is 2.55. The van der Waals surface area contributed by atoms with Crippen LogP contribution in [0.1, 0.15) is 77.6 Å². The molecule has 6 bridgehead atoms. The highest BCUT2D eigenvalue weighted by atomic mass is 15.1. The van der Waals surface area contributed by atoms with E-state index in [4.69, 9.17) is 0 Å². The van der Waals surface area contributed by atoms with Gasteiger partial charge in [-0.15, -0.1) is 0 Å². The SMILES string of the molecule is CC(C)(C)c1cc2cc(c1)C(C)(C)c1cccc(c1)-c1ccc(cc1)-c1ccccc1N(c1cc(C(C)(C)C)ccc1-c1ccccc1)c1ccccc1-c1cccc3cccc-2c13. The highest BCUT2D eigenvalue weighted by Crippen LogP contribution is 2.51. The summed E-state index contributed by atoms with van der Waals surface area (Å²) in [5, 5.41) is 2.47. The van der Waals surface area contributed by atoms with Gasteiger partial charge in [-0.25, -0.2) is 0 Å². The summed E-state index contributed by atoms with van der Waals surface area (Å²) in [7, 11) is 0. The quantitative estimate of drug-likeness (QED) is 0.168. The molecule has 314 valence electrons. The van der Waals surface area contributed by atoms with Crippen LogP contribution in [0.15, 0.2) is 200 Å². The minimum atomic E-state index is -0.271. The van der Waals surface area contributed by atoms with E-state index in [0.717, 1.165) is 17.1 Å². The van der Waals surface area contributed by atoms with Gasteiger partial charge in [0, 0.05) is 22.1 Å². The molecule has 9 aromatic rings. The lowest BCUT2D eigenvalue weighted by molar-refractivity contribution is 0.582. The molecule has 0 fully saturated rings. The number of rotatable bonds is 2. The van der Waals surface area contributed by atoms with Crippen LogP contribution in [0.2, 0.25) is 0 Å². The van der Waals surface area contributed by atoms with Crippen molar-refractivity contribution in [1.82, 2.24) is 0 Å². The number of hydrogen-bond donors (Lipinski definition) is 0. The van der Waals surface area contributed by atoms with Crippen LogP contribution in [0.25, 0.3) is 66.4 Å². The van der Waals surface area contributed by atoms with Crippen molar-refractivity contribution >= 4 is 27.8 Å². The largest absolute Gasteiger partial charge is 0.309 e. The molecule has 0 aliphatic carbocycles. The van der Waals surface area contributed by atoms with Crippen LogP contribution in [0.3, 0.4) is 0 Å². The van der Waals surface area contributed by atoms with Gasteiger partial charge >= 0.3 is 0 Å². The molecular weight excluding hydrogens is 771 g/mol. The fraction of sp³-hybridized carbons (Fsp3) is 0.175. The van der Waals surface area contributed by atoms with Crippen molar-refractivity contribution in [2.75, 3.05) is 4.90 Å². The zero-order valence-corrected chi connectivity index (χ0v) is 38.5. The molecule has 0 atom stereocenters. The molecule has 1 heteroatoms. The highest BCUT2D eigenvalue weighted by molar-refractivity contribution is 6.09. The lowest BCUT2D eigenvalue weighted by atomic mass is 9.73. The van der Waals surface area contributed by atoms with Gasteiger partial charge in [0.25, 0.3) is 0 Å². The summed E-state index contributed by atoms with van der Waals surface area (Å²) in [6.45, 7) is 18.7. The van der Waals surface area contributed by atoms with Crippen molar-refractivity contribution in [3.8, 4) is 55.6 Å². The normalized spacial score (nSPS) is 13.4. The van der Waals surface area contributed by atoms with E-state index in [0.29, 0.717) is 0 Å². The Balaban J connectivity index is 1.36. The van der Waals surface area contributed by atoms with Crippen LogP contribution in [0.4, 0.5) is 17.1 Å². The third kappa shape index (κ3) is 7.33. The van der Waals surface area contributed by atoms with E-state index >= 15 is 0 Å². The van der Waals surface area contributed by atoms with Crippen molar-refractivity contribution in [3.05, 3.63) is 222 Å². The molecule has 64 heavy (non-hydrogen) atoms. The lowest BCUT2D eigenvalue weighted by Gasteiger charge is -2.33. The van der Waals surface area contributed by atoms with Gasteiger partial charge in [-0.05, 0) is 101 Å². The fourth-order valence-corrected chi connectivity index (χ4v) is 9.72. The minimum Gasteiger partial charge on any atom is -0.309 e. The number of fused-ring (bicyclic) bond motifs is 2. The Morgan fingerprint density at radius 1 is 0.328 bits per heavy atom. The zero-order chi connectivity index (χ0) is 44.4. The lowest BCUT2D eigenvalue weighted by Crippen LogP contribution is -2.21. The summed E-state index contributed by atoms with van der Waals surface area (Å²) in [5.74, 6) is 0. The summed E-state index contributed by atoms with van der Waals surface area (Å²) in [4.78, 5) is 2.55. The number of para-hydroxylation sites is 2. The molecule has 2 aliphatic heterocycles. The van der Waals surface area contributed by atoms with E-state index in [1.165, 1.54) is 88.7 Å². The molecule has 1 nitrogen and oxygen atoms in total. The van der Waals surface area contributed by atoms with Crippen molar-refractivity contribution in [3.63, 3.8) is 0 Å². The van der Waals surface area contributed by atoms with E-state index in [-0.39, 0.29) is 16.2 Å². The van der Waals surface area contributed by atoms with Gasteiger partial charge in [0.15, 0.2) is 0 Å². The van der Waals surface area contributed by atoms with Gasteiger partial charge in [0.2, 0.25) is 0 Å². The molecule has 0 saturated carbocycles. The average Bonchev–Trinajstić information content (AvgIpc) is 3.31. The molecule has 9 aromatic carbocycles. The molecule has 0 amide bonds. The molecule has 0 unspecified atom stereocenters. The predicted molar refractivity (Wildman–Crippen MR) is 275 cm³/mol. The summed E-state index contributed by atoms with van der Waals surface area (Å²) in [6, 6.07) is 75.5. The topological polar surface area (TPSA) is 3.24 Å². The molecule has 2 heterocycles. The predicted octanol–water partition coefficient (Wildman–Crippen LogP) is 17.9. The van der Waals surface area contributed by atoms with Gasteiger partial charge in [0.05, 0.1) is 17.1 Å². The summed E-state index contributed by atoms with van der Waals surface area (Å²) >= 11 is 0. The second kappa shape index (κ2) is 15.7. The van der Waals surface area contributed by atoms with Crippen LogP contribution < -0.4 is 4.90 Å². The fourth-order valence-electron chi connectivity index (χ4n) is 9.72. The first-order chi connectivity index (χ1) is 30.8. The molecule has 0 N–H and O–H groups in total. The second-order valence-electron chi connectivity index (χ2n) is 20.3. The molecule has 11 rings (SSSR count). The van der Waals surface area contributed by atoms with E-state index in [9.17, 15) is 0 Å². The molecular formula is C63H57N. The standard InChI is InChI=1S/C63H57N/c1-61(2,3)48-35-36-53(43-19-10-9-11-20-43)59(41-48)64-57-29-14-12-25-52(57)44-33-31-42(32-34-44)46-23-16-24-49(37-46)63(7,8)51-39-47(38-50(40-51)62(4,5)6)54-27-17-21-45-22-18-28-56(60(45)54)55-26-13-15-30-58(55)64/h9-41H,1-8H3. The molecule has 0 radical (unpaired) electrons. The summed E-state index contributed by atoms with van der Waals surface area (Å²) < 4.78 is 0. The van der Waals surface area contributed by atoms with Crippen LogP contribution in [-0.2, 0) is 16.2 Å². The number of benzene rings is 9. The van der Waals surface area contributed by atoms with Gasteiger partial charge in [-0.1, -0.05) is 237 Å². The molecule has 0 spiro atoms. The Bertz CT molecular complexity index is 3180.